The van der Waals surface area contributed by atoms with Crippen molar-refractivity contribution >= 4 is 12.3 Å². The Morgan fingerprint density at radius 2 is 1.62 bits per heavy atom. The Morgan fingerprint density at radius 3 is 2.24 bits per heavy atom. The van der Waals surface area contributed by atoms with Crippen molar-refractivity contribution < 1.29 is 14.3 Å². The molecule has 3 nitrogen and oxygen atoms in total. The lowest BCUT2D eigenvalue weighted by molar-refractivity contribution is -0.145. The number of rotatable bonds is 7. The van der Waals surface area contributed by atoms with Crippen LogP contribution in [0.2, 0.25) is 0 Å². The number of hydrogen-bond donors (Lipinski definition) is 0. The van der Waals surface area contributed by atoms with Crippen molar-refractivity contribution in [2.75, 3.05) is 0 Å². The van der Waals surface area contributed by atoms with Crippen molar-refractivity contribution in [1.29, 1.82) is 0 Å². The van der Waals surface area contributed by atoms with Crippen LogP contribution < -0.4 is 0 Å². The molecular weight excluding hydrogens is 264 g/mol. The van der Waals surface area contributed by atoms with Gasteiger partial charge < -0.3 is 9.53 Å². The highest BCUT2D eigenvalue weighted by molar-refractivity contribution is 5.71. The first-order valence-corrected chi connectivity index (χ1v) is 6.99. The zero-order valence-electron chi connectivity index (χ0n) is 11.8. The number of ether oxygens (including phenoxy) is 1. The van der Waals surface area contributed by atoms with E-state index in [9.17, 15) is 9.59 Å². The standard InChI is InChI=1S/C18H18O3/c19-13-17(16-9-5-2-6-10-16)11-12-18(20)21-14-15-7-3-1-4-8-15/h1-10,13,17H,11-12,14H2. The summed E-state index contributed by atoms with van der Waals surface area (Å²) in [5.41, 5.74) is 1.89. The van der Waals surface area contributed by atoms with Crippen molar-refractivity contribution in [2.45, 2.75) is 25.4 Å². The van der Waals surface area contributed by atoms with Gasteiger partial charge in [0.2, 0.25) is 0 Å². The summed E-state index contributed by atoms with van der Waals surface area (Å²) in [5.74, 6) is -0.530. The maximum Gasteiger partial charge on any atom is 0.306 e. The van der Waals surface area contributed by atoms with Crippen molar-refractivity contribution in [3.8, 4) is 0 Å². The predicted octanol–water partition coefficient (Wildman–Crippen LogP) is 3.49. The number of benzene rings is 2. The summed E-state index contributed by atoms with van der Waals surface area (Å²) >= 11 is 0. The van der Waals surface area contributed by atoms with Crippen LogP contribution in [0.4, 0.5) is 0 Å². The number of esters is 1. The predicted molar refractivity (Wildman–Crippen MR) is 80.7 cm³/mol. The van der Waals surface area contributed by atoms with Gasteiger partial charge in [0.15, 0.2) is 0 Å². The molecule has 108 valence electrons. The lowest BCUT2D eigenvalue weighted by Gasteiger charge is -2.10. The van der Waals surface area contributed by atoms with Crippen molar-refractivity contribution in [3.05, 3.63) is 71.8 Å². The molecule has 21 heavy (non-hydrogen) atoms. The second-order valence-corrected chi connectivity index (χ2v) is 4.84. The summed E-state index contributed by atoms with van der Waals surface area (Å²) < 4.78 is 5.20. The Hall–Kier alpha value is -2.42. The lowest BCUT2D eigenvalue weighted by Crippen LogP contribution is -2.08. The average Bonchev–Trinajstić information content (AvgIpc) is 2.55. The van der Waals surface area contributed by atoms with Gasteiger partial charge in [0.25, 0.3) is 0 Å². The van der Waals surface area contributed by atoms with Gasteiger partial charge in [0.05, 0.1) is 0 Å². The first-order valence-electron chi connectivity index (χ1n) is 6.99. The van der Waals surface area contributed by atoms with Crippen LogP contribution in [-0.2, 0) is 20.9 Å². The van der Waals surface area contributed by atoms with Gasteiger partial charge in [0, 0.05) is 12.3 Å². The third-order valence-electron chi connectivity index (χ3n) is 3.29. The minimum Gasteiger partial charge on any atom is -0.461 e. The summed E-state index contributed by atoms with van der Waals surface area (Å²) in [6.45, 7) is 0.275. The molecule has 0 aliphatic carbocycles. The quantitative estimate of drug-likeness (QED) is 0.576. The molecule has 0 saturated carbocycles. The Balaban J connectivity index is 1.79. The smallest absolute Gasteiger partial charge is 0.306 e. The molecule has 0 aromatic heterocycles. The number of aldehydes is 1. The summed E-state index contributed by atoms with van der Waals surface area (Å²) in [6, 6.07) is 19.0. The van der Waals surface area contributed by atoms with E-state index >= 15 is 0 Å². The van der Waals surface area contributed by atoms with Crippen LogP contribution in [0.1, 0.15) is 29.9 Å². The van der Waals surface area contributed by atoms with E-state index in [-0.39, 0.29) is 24.9 Å². The van der Waals surface area contributed by atoms with Gasteiger partial charge in [0.1, 0.15) is 12.9 Å². The third-order valence-corrected chi connectivity index (χ3v) is 3.29. The van der Waals surface area contributed by atoms with Crippen molar-refractivity contribution in [1.82, 2.24) is 0 Å². The van der Waals surface area contributed by atoms with Gasteiger partial charge >= 0.3 is 5.97 Å². The molecule has 0 bridgehead atoms. The fourth-order valence-corrected chi connectivity index (χ4v) is 2.10. The lowest BCUT2D eigenvalue weighted by atomic mass is 9.96. The molecule has 3 heteroatoms. The number of carbonyl (C=O) groups is 2. The Kier molecular flexibility index (Phi) is 5.71. The van der Waals surface area contributed by atoms with E-state index in [0.717, 1.165) is 17.4 Å². The first kappa shape index (κ1) is 15.0. The molecule has 0 heterocycles. The molecule has 0 amide bonds. The molecule has 0 spiro atoms. The minimum atomic E-state index is -0.276. The molecule has 0 radical (unpaired) electrons. The van der Waals surface area contributed by atoms with Crippen LogP contribution in [0.3, 0.4) is 0 Å². The van der Waals surface area contributed by atoms with Gasteiger partial charge in [-0.2, -0.15) is 0 Å². The van der Waals surface area contributed by atoms with Gasteiger partial charge in [-0.25, -0.2) is 0 Å². The summed E-state index contributed by atoms with van der Waals surface area (Å²) in [5, 5.41) is 0. The first-order chi connectivity index (χ1) is 10.3. The third kappa shape index (κ3) is 4.88. The second-order valence-electron chi connectivity index (χ2n) is 4.84. The van der Waals surface area contributed by atoms with Crippen LogP contribution in [0, 0.1) is 0 Å². The highest BCUT2D eigenvalue weighted by atomic mass is 16.5. The molecule has 0 aliphatic heterocycles. The zero-order valence-corrected chi connectivity index (χ0v) is 11.8. The normalized spacial score (nSPS) is 11.6. The zero-order chi connectivity index (χ0) is 14.9. The summed E-state index contributed by atoms with van der Waals surface area (Å²) in [6.07, 6.45) is 1.60. The van der Waals surface area contributed by atoms with Crippen LogP contribution in [-0.4, -0.2) is 12.3 Å². The molecule has 2 aromatic carbocycles. The van der Waals surface area contributed by atoms with Gasteiger partial charge in [-0.15, -0.1) is 0 Å². The molecule has 2 aromatic rings. The molecule has 2 rings (SSSR count). The van der Waals surface area contributed by atoms with Crippen LogP contribution in [0.15, 0.2) is 60.7 Å². The Labute approximate surface area is 124 Å². The maximum atomic E-state index is 11.7. The van der Waals surface area contributed by atoms with E-state index in [1.54, 1.807) is 0 Å². The summed E-state index contributed by atoms with van der Waals surface area (Å²) in [7, 11) is 0. The molecule has 1 unspecified atom stereocenters. The van der Waals surface area contributed by atoms with Crippen molar-refractivity contribution in [3.63, 3.8) is 0 Å². The fraction of sp³-hybridized carbons (Fsp3) is 0.222. The maximum absolute atomic E-state index is 11.7. The van der Waals surface area contributed by atoms with Crippen molar-refractivity contribution in [2.24, 2.45) is 0 Å². The molecule has 0 aliphatic rings. The molecule has 0 saturated heterocycles. The Morgan fingerprint density at radius 1 is 1.00 bits per heavy atom. The highest BCUT2D eigenvalue weighted by Gasteiger charge is 2.13. The minimum absolute atomic E-state index is 0.241. The van der Waals surface area contributed by atoms with Gasteiger partial charge in [-0.1, -0.05) is 60.7 Å². The van der Waals surface area contributed by atoms with E-state index in [0.29, 0.717) is 6.42 Å². The summed E-state index contributed by atoms with van der Waals surface area (Å²) in [4.78, 5) is 22.9. The van der Waals surface area contributed by atoms with E-state index in [2.05, 4.69) is 0 Å². The topological polar surface area (TPSA) is 43.4 Å². The largest absolute Gasteiger partial charge is 0.461 e. The van der Waals surface area contributed by atoms with E-state index < -0.39 is 0 Å². The average molecular weight is 282 g/mol. The number of carbonyl (C=O) groups excluding carboxylic acids is 2. The molecular formula is C18H18O3. The number of hydrogen-bond acceptors (Lipinski definition) is 3. The van der Waals surface area contributed by atoms with Crippen LogP contribution in [0.5, 0.6) is 0 Å². The van der Waals surface area contributed by atoms with E-state index in [1.165, 1.54) is 0 Å². The Bertz CT molecular complexity index is 564. The fourth-order valence-electron chi connectivity index (χ4n) is 2.10. The molecule has 1 atom stereocenters. The monoisotopic (exact) mass is 282 g/mol. The van der Waals surface area contributed by atoms with Gasteiger partial charge in [-0.3, -0.25) is 4.79 Å². The SMILES string of the molecule is O=CC(CCC(=O)OCc1ccccc1)c1ccccc1. The van der Waals surface area contributed by atoms with Crippen LogP contribution >= 0.6 is 0 Å². The second kappa shape index (κ2) is 8.00. The highest BCUT2D eigenvalue weighted by Crippen LogP contribution is 2.19. The molecule has 0 N–H and O–H groups in total. The van der Waals surface area contributed by atoms with Crippen LogP contribution in [0.25, 0.3) is 0 Å². The van der Waals surface area contributed by atoms with E-state index in [1.807, 2.05) is 60.7 Å². The van der Waals surface area contributed by atoms with E-state index in [4.69, 9.17) is 4.74 Å². The van der Waals surface area contributed by atoms with Gasteiger partial charge in [-0.05, 0) is 17.5 Å². The molecule has 0 fully saturated rings.